The molecule has 3 rings (SSSR count). The minimum absolute atomic E-state index is 0.237. The summed E-state index contributed by atoms with van der Waals surface area (Å²) < 4.78 is 24.0. The molecule has 0 aliphatic heterocycles. The number of rotatable bonds is 3. The van der Waals surface area contributed by atoms with Crippen LogP contribution in [0.2, 0.25) is 0 Å². The molecule has 0 aromatic heterocycles. The Morgan fingerprint density at radius 3 is 1.95 bits per heavy atom. The van der Waals surface area contributed by atoms with Gasteiger partial charge in [-0.1, -0.05) is 24.3 Å². The molecule has 0 radical (unpaired) electrons. The number of methoxy groups -OCH3 is 2. The van der Waals surface area contributed by atoms with Gasteiger partial charge in [-0.05, 0) is 58.7 Å². The average Bonchev–Trinajstić information content (AvgIpc) is 2.55. The van der Waals surface area contributed by atoms with Gasteiger partial charge in [0.05, 0.1) is 14.2 Å². The molecule has 0 amide bonds. The Balaban J connectivity index is 2.31. The fourth-order valence-corrected chi connectivity index (χ4v) is 2.70. The van der Waals surface area contributed by atoms with E-state index in [2.05, 4.69) is 19.1 Å². The lowest BCUT2D eigenvalue weighted by Crippen LogP contribution is -1.93. The van der Waals surface area contributed by atoms with Crippen molar-refractivity contribution in [3.63, 3.8) is 0 Å². The summed E-state index contributed by atoms with van der Waals surface area (Å²) in [7, 11) is 3.25. The minimum atomic E-state index is -0.237. The summed E-state index contributed by atoms with van der Waals surface area (Å²) in [6, 6.07) is 14.6. The molecule has 0 bridgehead atoms. The van der Waals surface area contributed by atoms with Crippen LogP contribution in [0.1, 0.15) is 5.56 Å². The van der Waals surface area contributed by atoms with Gasteiger partial charge in [-0.2, -0.15) is 0 Å². The van der Waals surface area contributed by atoms with Crippen LogP contribution in [0.4, 0.5) is 4.39 Å². The van der Waals surface area contributed by atoms with Crippen molar-refractivity contribution in [2.24, 2.45) is 0 Å². The molecule has 0 N–H and O–H groups in total. The van der Waals surface area contributed by atoms with Gasteiger partial charge in [-0.15, -0.1) is 0 Å². The van der Waals surface area contributed by atoms with Crippen LogP contribution in [0, 0.1) is 12.7 Å². The number of aryl methyl sites for hydroxylation is 1. The van der Waals surface area contributed by atoms with Crippen LogP contribution in [0.5, 0.6) is 11.5 Å². The lowest BCUT2D eigenvalue weighted by molar-refractivity contribution is 0.356. The SMILES string of the molecule is COc1cc2c(C)ccc(-c3ccc(F)cc3)c2cc1OC. The van der Waals surface area contributed by atoms with Gasteiger partial charge in [0.25, 0.3) is 0 Å². The summed E-state index contributed by atoms with van der Waals surface area (Å²) in [6.07, 6.45) is 0. The van der Waals surface area contributed by atoms with Gasteiger partial charge in [0.1, 0.15) is 5.82 Å². The van der Waals surface area contributed by atoms with E-state index in [-0.39, 0.29) is 5.82 Å². The molecule has 22 heavy (non-hydrogen) atoms. The van der Waals surface area contributed by atoms with E-state index in [4.69, 9.17) is 9.47 Å². The molecule has 0 saturated carbocycles. The van der Waals surface area contributed by atoms with Gasteiger partial charge in [0, 0.05) is 0 Å². The number of hydrogen-bond donors (Lipinski definition) is 0. The molecule has 0 aliphatic rings. The van der Waals surface area contributed by atoms with Gasteiger partial charge >= 0.3 is 0 Å². The second-order valence-corrected chi connectivity index (χ2v) is 5.19. The number of ether oxygens (including phenoxy) is 2. The van der Waals surface area contributed by atoms with E-state index in [1.165, 1.54) is 12.1 Å². The third-order valence-corrected chi connectivity index (χ3v) is 3.89. The van der Waals surface area contributed by atoms with Crippen molar-refractivity contribution in [1.29, 1.82) is 0 Å². The Labute approximate surface area is 129 Å². The predicted molar refractivity (Wildman–Crippen MR) is 87.2 cm³/mol. The molecule has 3 heteroatoms. The Morgan fingerprint density at radius 1 is 0.773 bits per heavy atom. The Kier molecular flexibility index (Phi) is 3.72. The smallest absolute Gasteiger partial charge is 0.161 e. The van der Waals surface area contributed by atoms with Crippen molar-refractivity contribution < 1.29 is 13.9 Å². The lowest BCUT2D eigenvalue weighted by atomic mass is 9.95. The van der Waals surface area contributed by atoms with Gasteiger partial charge in [-0.25, -0.2) is 4.39 Å². The molecule has 0 saturated heterocycles. The molecule has 0 aliphatic carbocycles. The summed E-state index contributed by atoms with van der Waals surface area (Å²) in [6.45, 7) is 2.06. The molecule has 3 aromatic carbocycles. The molecule has 0 atom stereocenters. The first-order valence-electron chi connectivity index (χ1n) is 7.05. The first kappa shape index (κ1) is 14.4. The fourth-order valence-electron chi connectivity index (χ4n) is 2.70. The molecule has 0 fully saturated rings. The predicted octanol–water partition coefficient (Wildman–Crippen LogP) is 4.97. The maximum absolute atomic E-state index is 13.2. The fraction of sp³-hybridized carbons (Fsp3) is 0.158. The third kappa shape index (κ3) is 2.39. The molecule has 3 aromatic rings. The highest BCUT2D eigenvalue weighted by atomic mass is 19.1. The Hall–Kier alpha value is -2.55. The van der Waals surface area contributed by atoms with Gasteiger partial charge in [0.2, 0.25) is 0 Å². The monoisotopic (exact) mass is 296 g/mol. The van der Waals surface area contributed by atoms with Crippen molar-refractivity contribution in [1.82, 2.24) is 0 Å². The lowest BCUT2D eigenvalue weighted by Gasteiger charge is -2.14. The van der Waals surface area contributed by atoms with E-state index in [0.29, 0.717) is 11.5 Å². The highest BCUT2D eigenvalue weighted by molar-refractivity contribution is 6.00. The quantitative estimate of drug-likeness (QED) is 0.679. The average molecular weight is 296 g/mol. The zero-order valence-electron chi connectivity index (χ0n) is 12.8. The summed E-state index contributed by atoms with van der Waals surface area (Å²) in [5.41, 5.74) is 3.17. The zero-order valence-corrected chi connectivity index (χ0v) is 12.8. The van der Waals surface area contributed by atoms with Crippen molar-refractivity contribution in [2.45, 2.75) is 6.92 Å². The first-order chi connectivity index (χ1) is 10.6. The molecule has 0 unspecified atom stereocenters. The maximum atomic E-state index is 13.2. The Morgan fingerprint density at radius 2 is 1.36 bits per heavy atom. The molecular formula is C19H17FO2. The van der Waals surface area contributed by atoms with Crippen LogP contribution < -0.4 is 9.47 Å². The summed E-state index contributed by atoms with van der Waals surface area (Å²) in [4.78, 5) is 0. The zero-order chi connectivity index (χ0) is 15.7. The minimum Gasteiger partial charge on any atom is -0.493 e. The highest BCUT2D eigenvalue weighted by Gasteiger charge is 2.12. The van der Waals surface area contributed by atoms with Crippen molar-refractivity contribution in [3.05, 3.63) is 59.9 Å². The Bertz CT molecular complexity index is 823. The van der Waals surface area contributed by atoms with Gasteiger partial charge in [-0.3, -0.25) is 0 Å². The van der Waals surface area contributed by atoms with E-state index >= 15 is 0 Å². The van der Waals surface area contributed by atoms with E-state index < -0.39 is 0 Å². The largest absolute Gasteiger partial charge is 0.493 e. The van der Waals surface area contributed by atoms with Crippen LogP contribution in [0.15, 0.2) is 48.5 Å². The van der Waals surface area contributed by atoms with Crippen molar-refractivity contribution in [3.8, 4) is 22.6 Å². The van der Waals surface area contributed by atoms with Gasteiger partial charge in [0.15, 0.2) is 11.5 Å². The number of hydrogen-bond acceptors (Lipinski definition) is 2. The van der Waals surface area contributed by atoms with E-state index in [1.54, 1.807) is 26.4 Å². The van der Waals surface area contributed by atoms with Crippen LogP contribution in [0.25, 0.3) is 21.9 Å². The van der Waals surface area contributed by atoms with E-state index in [0.717, 1.165) is 27.5 Å². The van der Waals surface area contributed by atoms with E-state index in [1.807, 2.05) is 12.1 Å². The second kappa shape index (κ2) is 5.68. The molecule has 0 spiro atoms. The molecular weight excluding hydrogens is 279 g/mol. The van der Waals surface area contributed by atoms with Crippen LogP contribution in [-0.4, -0.2) is 14.2 Å². The van der Waals surface area contributed by atoms with Gasteiger partial charge < -0.3 is 9.47 Å². The van der Waals surface area contributed by atoms with Crippen LogP contribution in [0.3, 0.4) is 0 Å². The topological polar surface area (TPSA) is 18.5 Å². The van der Waals surface area contributed by atoms with Crippen LogP contribution >= 0.6 is 0 Å². The normalized spacial score (nSPS) is 10.7. The number of fused-ring (bicyclic) bond motifs is 1. The standard InChI is InChI=1S/C19H17FO2/c1-12-4-9-15(13-5-7-14(20)8-6-13)17-11-19(22-3)18(21-2)10-16(12)17/h4-11H,1-3H3. The summed E-state index contributed by atoms with van der Waals surface area (Å²) in [5, 5.41) is 2.16. The number of halogens is 1. The molecule has 2 nitrogen and oxygen atoms in total. The first-order valence-corrected chi connectivity index (χ1v) is 7.05. The van der Waals surface area contributed by atoms with Crippen molar-refractivity contribution in [2.75, 3.05) is 14.2 Å². The molecule has 0 heterocycles. The maximum Gasteiger partial charge on any atom is 0.161 e. The summed E-state index contributed by atoms with van der Waals surface area (Å²) in [5.74, 6) is 1.15. The highest BCUT2D eigenvalue weighted by Crippen LogP contribution is 2.38. The molecule has 112 valence electrons. The number of benzene rings is 3. The second-order valence-electron chi connectivity index (χ2n) is 5.19. The van der Waals surface area contributed by atoms with Crippen LogP contribution in [-0.2, 0) is 0 Å². The van der Waals surface area contributed by atoms with Crippen molar-refractivity contribution >= 4 is 10.8 Å². The summed E-state index contributed by atoms with van der Waals surface area (Å²) >= 11 is 0. The third-order valence-electron chi connectivity index (χ3n) is 3.89. The van der Waals surface area contributed by atoms with E-state index in [9.17, 15) is 4.39 Å².